The van der Waals surface area contributed by atoms with Gasteiger partial charge in [0.15, 0.2) is 22.9 Å². The molecule has 0 unspecified atom stereocenters. The van der Waals surface area contributed by atoms with Crippen molar-refractivity contribution in [1.82, 2.24) is 4.98 Å². The molecule has 0 aliphatic rings. The number of aromatic amines is 1. The van der Waals surface area contributed by atoms with Gasteiger partial charge in [-0.1, -0.05) is 0 Å². The number of carboxylic acid groups (broad SMARTS) is 2. The van der Waals surface area contributed by atoms with Gasteiger partial charge in [0.1, 0.15) is 0 Å². The molecule has 82 valence electrons. The monoisotopic (exact) mass is 215 g/mol. The summed E-state index contributed by atoms with van der Waals surface area (Å²) in [6.07, 6.45) is 0. The van der Waals surface area contributed by atoms with E-state index in [1.807, 2.05) is 0 Å². The number of rotatable bonds is 4. The zero-order valence-electron chi connectivity index (χ0n) is 8.03. The van der Waals surface area contributed by atoms with Crippen LogP contribution in [0.4, 0.5) is 0 Å². The molecule has 1 aromatic heterocycles. The van der Waals surface area contributed by atoms with Gasteiger partial charge in [-0.3, -0.25) is 0 Å². The Bertz CT molecular complexity index is 371. The Morgan fingerprint density at radius 2 is 1.33 bits per heavy atom. The molecule has 15 heavy (non-hydrogen) atoms. The third-order valence-corrected chi connectivity index (χ3v) is 1.75. The van der Waals surface area contributed by atoms with Crippen molar-refractivity contribution >= 4 is 11.9 Å². The highest BCUT2D eigenvalue weighted by Crippen LogP contribution is 2.34. The van der Waals surface area contributed by atoms with Crippen molar-refractivity contribution in [2.24, 2.45) is 0 Å². The second-order valence-electron chi connectivity index (χ2n) is 2.55. The van der Waals surface area contributed by atoms with Crippen molar-refractivity contribution in [3.05, 3.63) is 11.4 Å². The van der Waals surface area contributed by atoms with Crippen molar-refractivity contribution in [2.45, 2.75) is 0 Å². The number of nitrogens with one attached hydrogen (secondary N) is 1. The van der Waals surface area contributed by atoms with E-state index >= 15 is 0 Å². The molecule has 0 saturated heterocycles. The highest BCUT2D eigenvalue weighted by Gasteiger charge is 2.27. The molecular weight excluding hydrogens is 206 g/mol. The van der Waals surface area contributed by atoms with Gasteiger partial charge >= 0.3 is 11.9 Å². The number of aromatic nitrogens is 1. The van der Waals surface area contributed by atoms with E-state index in [1.165, 1.54) is 14.2 Å². The number of aromatic carboxylic acids is 2. The minimum absolute atomic E-state index is 0.137. The molecule has 1 aromatic rings. The Morgan fingerprint density at radius 1 is 1.00 bits per heavy atom. The molecule has 0 saturated carbocycles. The van der Waals surface area contributed by atoms with E-state index in [0.717, 1.165) is 0 Å². The van der Waals surface area contributed by atoms with Crippen LogP contribution in [-0.2, 0) is 0 Å². The average Bonchev–Trinajstić information content (AvgIpc) is 2.55. The van der Waals surface area contributed by atoms with Gasteiger partial charge in [-0.2, -0.15) is 0 Å². The number of carbonyl (C=O) groups is 2. The number of hydrogen-bond donors (Lipinski definition) is 3. The lowest BCUT2D eigenvalue weighted by atomic mass is 10.3. The van der Waals surface area contributed by atoms with Crippen LogP contribution >= 0.6 is 0 Å². The Balaban J connectivity index is 3.44. The number of H-pyrrole nitrogens is 1. The SMILES string of the molecule is COc1c(C(=O)O)[nH]c(C(=O)O)c1OC. The van der Waals surface area contributed by atoms with Crippen LogP contribution in [0.2, 0.25) is 0 Å². The van der Waals surface area contributed by atoms with Crippen molar-refractivity contribution in [2.75, 3.05) is 14.2 Å². The van der Waals surface area contributed by atoms with Crippen LogP contribution in [0.25, 0.3) is 0 Å². The second-order valence-corrected chi connectivity index (χ2v) is 2.55. The number of hydrogen-bond acceptors (Lipinski definition) is 4. The fourth-order valence-electron chi connectivity index (χ4n) is 1.16. The smallest absolute Gasteiger partial charge is 0.356 e. The normalized spacial score (nSPS) is 9.73. The maximum Gasteiger partial charge on any atom is 0.356 e. The Kier molecular flexibility index (Phi) is 2.84. The second kappa shape index (κ2) is 3.91. The summed E-state index contributed by atoms with van der Waals surface area (Å²) in [5.41, 5.74) is -0.710. The van der Waals surface area contributed by atoms with Crippen molar-refractivity contribution in [1.29, 1.82) is 0 Å². The molecule has 0 bridgehead atoms. The molecule has 0 amide bonds. The summed E-state index contributed by atoms with van der Waals surface area (Å²) >= 11 is 0. The fourth-order valence-corrected chi connectivity index (χ4v) is 1.16. The molecular formula is C8H9NO6. The predicted molar refractivity (Wildman–Crippen MR) is 47.8 cm³/mol. The highest BCUT2D eigenvalue weighted by atomic mass is 16.5. The first-order valence-corrected chi connectivity index (χ1v) is 3.83. The molecule has 1 heterocycles. The van der Waals surface area contributed by atoms with E-state index in [2.05, 4.69) is 4.98 Å². The van der Waals surface area contributed by atoms with Crippen LogP contribution < -0.4 is 9.47 Å². The number of methoxy groups -OCH3 is 2. The summed E-state index contributed by atoms with van der Waals surface area (Å²) in [5.74, 6) is -2.92. The highest BCUT2D eigenvalue weighted by molar-refractivity contribution is 5.97. The van der Waals surface area contributed by atoms with E-state index in [4.69, 9.17) is 19.7 Å². The van der Waals surface area contributed by atoms with Gasteiger partial charge in [0.05, 0.1) is 14.2 Å². The minimum atomic E-state index is -1.32. The van der Waals surface area contributed by atoms with Crippen molar-refractivity contribution < 1.29 is 29.3 Å². The van der Waals surface area contributed by atoms with Gasteiger partial charge in [-0.15, -0.1) is 0 Å². The molecule has 0 aliphatic heterocycles. The summed E-state index contributed by atoms with van der Waals surface area (Å²) in [7, 11) is 2.45. The molecule has 1 rings (SSSR count). The molecule has 0 spiro atoms. The number of ether oxygens (including phenoxy) is 2. The van der Waals surface area contributed by atoms with E-state index in [0.29, 0.717) is 0 Å². The Labute approximate surface area is 84.2 Å². The lowest BCUT2D eigenvalue weighted by molar-refractivity contribution is 0.0687. The summed E-state index contributed by atoms with van der Waals surface area (Å²) < 4.78 is 9.52. The molecule has 0 aromatic carbocycles. The third-order valence-electron chi connectivity index (χ3n) is 1.75. The van der Waals surface area contributed by atoms with Crippen molar-refractivity contribution in [3.8, 4) is 11.5 Å². The van der Waals surface area contributed by atoms with E-state index in [1.54, 1.807) is 0 Å². The van der Waals surface area contributed by atoms with E-state index in [-0.39, 0.29) is 22.9 Å². The van der Waals surface area contributed by atoms with E-state index < -0.39 is 11.9 Å². The van der Waals surface area contributed by atoms with Crippen LogP contribution in [0.5, 0.6) is 11.5 Å². The van der Waals surface area contributed by atoms with E-state index in [9.17, 15) is 9.59 Å². The van der Waals surface area contributed by atoms with Crippen LogP contribution in [0.3, 0.4) is 0 Å². The molecule has 7 heteroatoms. The maximum atomic E-state index is 10.7. The summed E-state index contributed by atoms with van der Waals surface area (Å²) in [6, 6.07) is 0. The maximum absolute atomic E-state index is 10.7. The molecule has 0 atom stereocenters. The summed E-state index contributed by atoms with van der Waals surface area (Å²) in [4.78, 5) is 23.7. The third kappa shape index (κ3) is 1.71. The minimum Gasteiger partial charge on any atom is -0.491 e. The zero-order valence-corrected chi connectivity index (χ0v) is 8.03. The molecule has 0 aliphatic carbocycles. The van der Waals surface area contributed by atoms with Gasteiger partial charge in [0, 0.05) is 0 Å². The van der Waals surface area contributed by atoms with Gasteiger partial charge in [0.25, 0.3) is 0 Å². The van der Waals surface area contributed by atoms with Crippen LogP contribution in [0.1, 0.15) is 21.0 Å². The van der Waals surface area contributed by atoms with Gasteiger partial charge < -0.3 is 24.7 Å². The van der Waals surface area contributed by atoms with Gasteiger partial charge in [-0.25, -0.2) is 9.59 Å². The van der Waals surface area contributed by atoms with Crippen molar-refractivity contribution in [3.63, 3.8) is 0 Å². The first-order chi connectivity index (χ1) is 7.02. The zero-order chi connectivity index (χ0) is 11.6. The topological polar surface area (TPSA) is 109 Å². The standard InChI is InChI=1S/C8H9NO6/c1-14-5-3(7(10)11)9-4(8(12)13)6(5)15-2/h9H,1-2H3,(H,10,11)(H,12,13). The van der Waals surface area contributed by atoms with Crippen LogP contribution in [0.15, 0.2) is 0 Å². The summed E-state index contributed by atoms with van der Waals surface area (Å²) in [6.45, 7) is 0. The predicted octanol–water partition coefficient (Wildman–Crippen LogP) is 0.428. The van der Waals surface area contributed by atoms with Crippen LogP contribution in [0, 0.1) is 0 Å². The Morgan fingerprint density at radius 3 is 1.53 bits per heavy atom. The molecule has 7 nitrogen and oxygen atoms in total. The average molecular weight is 215 g/mol. The first-order valence-electron chi connectivity index (χ1n) is 3.83. The molecule has 0 radical (unpaired) electrons. The lowest BCUT2D eigenvalue weighted by Crippen LogP contribution is -2.01. The van der Waals surface area contributed by atoms with Gasteiger partial charge in [0.2, 0.25) is 0 Å². The summed E-state index contributed by atoms with van der Waals surface area (Å²) in [5, 5.41) is 17.5. The molecule has 3 N–H and O–H groups in total. The lowest BCUT2D eigenvalue weighted by Gasteiger charge is -2.02. The molecule has 0 fully saturated rings. The first kappa shape index (κ1) is 10.9. The Hall–Kier alpha value is -2.18. The van der Waals surface area contributed by atoms with Crippen LogP contribution in [-0.4, -0.2) is 41.4 Å². The largest absolute Gasteiger partial charge is 0.491 e. The number of carboxylic acids is 2. The fraction of sp³-hybridized carbons (Fsp3) is 0.250. The quantitative estimate of drug-likeness (QED) is 0.671. The van der Waals surface area contributed by atoms with Gasteiger partial charge in [-0.05, 0) is 0 Å².